The largest absolute Gasteiger partial charge is 0.491 e. The topological polar surface area (TPSA) is 79.9 Å². The Labute approximate surface area is 195 Å². The number of nitrogens with zero attached hydrogens (tertiary/aromatic N) is 1. The maximum absolute atomic E-state index is 13.0. The van der Waals surface area contributed by atoms with Gasteiger partial charge in [0.05, 0.1) is 36.6 Å². The molecule has 1 aliphatic rings. The van der Waals surface area contributed by atoms with E-state index in [0.29, 0.717) is 17.8 Å². The van der Waals surface area contributed by atoms with Crippen LogP contribution in [0.1, 0.15) is 44.9 Å². The summed E-state index contributed by atoms with van der Waals surface area (Å²) < 4.78 is 11.1. The number of carbonyl (C=O) groups is 2. The number of urea groups is 1. The molecule has 2 aromatic carbocycles. The monoisotopic (exact) mass is 451 g/mol. The van der Waals surface area contributed by atoms with Crippen LogP contribution in [0.2, 0.25) is 0 Å². The lowest BCUT2D eigenvalue weighted by atomic mass is 9.95. The molecule has 7 nitrogen and oxygen atoms in total. The van der Waals surface area contributed by atoms with Crippen molar-refractivity contribution in [2.75, 3.05) is 25.1 Å². The highest BCUT2D eigenvalue weighted by Crippen LogP contribution is 2.30. The van der Waals surface area contributed by atoms with E-state index < -0.39 is 12.0 Å². The first-order valence-corrected chi connectivity index (χ1v) is 11.4. The van der Waals surface area contributed by atoms with Crippen LogP contribution in [0.15, 0.2) is 59.8 Å². The Bertz CT molecular complexity index is 997. The average Bonchev–Trinajstić information content (AvgIpc) is 2.79. The maximum atomic E-state index is 13.0. The van der Waals surface area contributed by atoms with Crippen molar-refractivity contribution in [3.05, 3.63) is 70.9 Å². The number of esters is 1. The summed E-state index contributed by atoms with van der Waals surface area (Å²) in [5.41, 5.74) is 3.93. The highest BCUT2D eigenvalue weighted by Gasteiger charge is 2.34. The van der Waals surface area contributed by atoms with Crippen LogP contribution in [0.5, 0.6) is 5.75 Å². The van der Waals surface area contributed by atoms with Gasteiger partial charge in [-0.15, -0.1) is 0 Å². The molecule has 0 aliphatic carbocycles. The van der Waals surface area contributed by atoms with E-state index in [-0.39, 0.29) is 18.7 Å². The second-order valence-electron chi connectivity index (χ2n) is 8.26. The first-order valence-electron chi connectivity index (χ1n) is 11.4. The molecule has 0 saturated heterocycles. The molecule has 0 bridgehead atoms. The fourth-order valence-electron chi connectivity index (χ4n) is 3.77. The van der Waals surface area contributed by atoms with E-state index >= 15 is 0 Å². The minimum Gasteiger partial charge on any atom is -0.491 e. The average molecular weight is 452 g/mol. The van der Waals surface area contributed by atoms with Crippen LogP contribution in [-0.2, 0) is 16.0 Å². The number of nitrogens with one attached hydrogen (secondary N) is 2. The van der Waals surface area contributed by atoms with E-state index in [2.05, 4.69) is 29.7 Å². The SMILES string of the molecule is CCOC(=O)C1=C(CN(C)c2ccc(CC)cc2)NC(=O)NC1c1ccc(OC(C)C)cc1. The smallest absolute Gasteiger partial charge is 0.338 e. The molecule has 2 N–H and O–H groups in total. The third-order valence-corrected chi connectivity index (χ3v) is 5.41. The number of carbonyl (C=O) groups excluding carboxylic acids is 2. The van der Waals surface area contributed by atoms with Crippen molar-refractivity contribution in [2.45, 2.75) is 46.3 Å². The second kappa shape index (κ2) is 10.9. The molecule has 2 aromatic rings. The molecule has 0 saturated carbocycles. The lowest BCUT2D eigenvalue weighted by Gasteiger charge is -2.31. The third-order valence-electron chi connectivity index (χ3n) is 5.41. The molecule has 33 heavy (non-hydrogen) atoms. The quantitative estimate of drug-likeness (QED) is 0.555. The number of likely N-dealkylation sites (N-methyl/N-ethyl adjacent to an activating group) is 1. The number of aryl methyl sites for hydroxylation is 1. The van der Waals surface area contributed by atoms with E-state index in [1.165, 1.54) is 5.56 Å². The summed E-state index contributed by atoms with van der Waals surface area (Å²) in [6.45, 7) is 8.38. The van der Waals surface area contributed by atoms with Crippen molar-refractivity contribution in [1.82, 2.24) is 10.6 Å². The summed E-state index contributed by atoms with van der Waals surface area (Å²) in [7, 11) is 1.93. The van der Waals surface area contributed by atoms with Gasteiger partial charge in [-0.1, -0.05) is 31.2 Å². The van der Waals surface area contributed by atoms with Crippen molar-refractivity contribution < 1.29 is 19.1 Å². The molecule has 0 fully saturated rings. The van der Waals surface area contributed by atoms with Crippen LogP contribution in [-0.4, -0.2) is 38.3 Å². The summed E-state index contributed by atoms with van der Waals surface area (Å²) in [5.74, 6) is 0.272. The van der Waals surface area contributed by atoms with Gasteiger partial charge in [-0.05, 0) is 62.6 Å². The first kappa shape index (κ1) is 24.2. The first-order chi connectivity index (χ1) is 15.8. The van der Waals surface area contributed by atoms with Gasteiger partial charge in [0.1, 0.15) is 5.75 Å². The van der Waals surface area contributed by atoms with Crippen LogP contribution in [0.3, 0.4) is 0 Å². The van der Waals surface area contributed by atoms with E-state index in [0.717, 1.165) is 23.4 Å². The normalized spacial score (nSPS) is 15.7. The molecule has 7 heteroatoms. The Hall–Kier alpha value is -3.48. The van der Waals surface area contributed by atoms with Gasteiger partial charge >= 0.3 is 12.0 Å². The standard InChI is InChI=1S/C26H33N3O4/c1-6-18-8-12-20(13-9-18)29(5)16-22-23(25(30)32-7-2)24(28-26(31)27-22)19-10-14-21(15-11-19)33-17(3)4/h8-15,17,24H,6-7,16H2,1-5H3,(H2,27,28,31). The zero-order valence-electron chi connectivity index (χ0n) is 20.0. The minimum absolute atomic E-state index is 0.0537. The van der Waals surface area contributed by atoms with Crippen LogP contribution in [0.25, 0.3) is 0 Å². The fourth-order valence-corrected chi connectivity index (χ4v) is 3.77. The number of rotatable bonds is 9. The molecule has 0 aromatic heterocycles. The van der Waals surface area contributed by atoms with Gasteiger partial charge in [0, 0.05) is 12.7 Å². The van der Waals surface area contributed by atoms with Gasteiger partial charge in [0.15, 0.2) is 0 Å². The molecule has 1 unspecified atom stereocenters. The predicted octanol–water partition coefficient (Wildman–Crippen LogP) is 4.34. The Morgan fingerprint density at radius 2 is 1.73 bits per heavy atom. The Balaban J connectivity index is 1.95. The summed E-state index contributed by atoms with van der Waals surface area (Å²) in [6, 6.07) is 14.6. The van der Waals surface area contributed by atoms with Crippen molar-refractivity contribution >= 4 is 17.7 Å². The van der Waals surface area contributed by atoms with Gasteiger partial charge in [0.25, 0.3) is 0 Å². The zero-order valence-corrected chi connectivity index (χ0v) is 20.0. The van der Waals surface area contributed by atoms with Crippen molar-refractivity contribution in [3.63, 3.8) is 0 Å². The molecule has 2 amide bonds. The summed E-state index contributed by atoms with van der Waals surface area (Å²) in [6.07, 6.45) is 1.02. The maximum Gasteiger partial charge on any atom is 0.338 e. The Morgan fingerprint density at radius 3 is 2.30 bits per heavy atom. The van der Waals surface area contributed by atoms with Gasteiger partial charge < -0.3 is 25.0 Å². The number of ether oxygens (including phenoxy) is 2. The molecule has 1 heterocycles. The van der Waals surface area contributed by atoms with Gasteiger partial charge in [-0.3, -0.25) is 0 Å². The summed E-state index contributed by atoms with van der Waals surface area (Å²) in [5, 5.41) is 5.70. The lowest BCUT2D eigenvalue weighted by molar-refractivity contribution is -0.139. The summed E-state index contributed by atoms with van der Waals surface area (Å²) in [4.78, 5) is 27.5. The van der Waals surface area contributed by atoms with E-state index in [4.69, 9.17) is 9.47 Å². The minimum atomic E-state index is -0.628. The Morgan fingerprint density at radius 1 is 1.06 bits per heavy atom. The van der Waals surface area contributed by atoms with Gasteiger partial charge in [-0.25, -0.2) is 9.59 Å². The van der Waals surface area contributed by atoms with Crippen molar-refractivity contribution in [3.8, 4) is 5.75 Å². The van der Waals surface area contributed by atoms with Gasteiger partial charge in [0.2, 0.25) is 0 Å². The van der Waals surface area contributed by atoms with Crippen LogP contribution in [0.4, 0.5) is 10.5 Å². The van der Waals surface area contributed by atoms with Crippen LogP contribution in [0, 0.1) is 0 Å². The fraction of sp³-hybridized carbons (Fsp3) is 0.385. The molecule has 0 radical (unpaired) electrons. The van der Waals surface area contributed by atoms with Crippen molar-refractivity contribution in [2.24, 2.45) is 0 Å². The van der Waals surface area contributed by atoms with Crippen molar-refractivity contribution in [1.29, 1.82) is 0 Å². The third kappa shape index (κ3) is 6.06. The summed E-state index contributed by atoms with van der Waals surface area (Å²) >= 11 is 0. The molecular formula is C26H33N3O4. The molecular weight excluding hydrogens is 418 g/mol. The molecule has 3 rings (SSSR count). The zero-order chi connectivity index (χ0) is 24.0. The Kier molecular flexibility index (Phi) is 7.98. The highest BCUT2D eigenvalue weighted by molar-refractivity contribution is 5.95. The van der Waals surface area contributed by atoms with Crippen LogP contribution < -0.4 is 20.3 Å². The van der Waals surface area contributed by atoms with E-state index in [9.17, 15) is 9.59 Å². The number of hydrogen-bond acceptors (Lipinski definition) is 5. The van der Waals surface area contributed by atoms with Gasteiger partial charge in [-0.2, -0.15) is 0 Å². The van der Waals surface area contributed by atoms with E-state index in [1.807, 2.05) is 62.2 Å². The van der Waals surface area contributed by atoms with Crippen LogP contribution >= 0.6 is 0 Å². The number of benzene rings is 2. The highest BCUT2D eigenvalue weighted by atomic mass is 16.5. The molecule has 1 atom stereocenters. The number of anilines is 1. The predicted molar refractivity (Wildman–Crippen MR) is 129 cm³/mol. The molecule has 176 valence electrons. The second-order valence-corrected chi connectivity index (χ2v) is 8.26. The molecule has 1 aliphatic heterocycles. The number of hydrogen-bond donors (Lipinski definition) is 2. The number of amides is 2. The lowest BCUT2D eigenvalue weighted by Crippen LogP contribution is -2.48. The molecule has 0 spiro atoms. The van der Waals surface area contributed by atoms with E-state index in [1.54, 1.807) is 6.92 Å².